The second-order valence-corrected chi connectivity index (χ2v) is 11.0. The highest BCUT2D eigenvalue weighted by Gasteiger charge is 2.47. The highest BCUT2D eigenvalue weighted by Crippen LogP contribution is 2.29. The number of hydrogen-bond acceptors (Lipinski definition) is 8. The molecule has 0 bridgehead atoms. The molecule has 0 aliphatic carbocycles. The van der Waals surface area contributed by atoms with E-state index in [1.807, 2.05) is 30.5 Å². The van der Waals surface area contributed by atoms with Gasteiger partial charge in [-0.15, -0.1) is 11.3 Å². The fraction of sp³-hybridized carbons (Fsp3) is 0.542. The van der Waals surface area contributed by atoms with E-state index in [0.29, 0.717) is 6.42 Å². The summed E-state index contributed by atoms with van der Waals surface area (Å²) in [5.41, 5.74) is 2.32. The van der Waals surface area contributed by atoms with Gasteiger partial charge in [-0.25, -0.2) is 9.59 Å². The molecule has 0 unspecified atom stereocenters. The van der Waals surface area contributed by atoms with Crippen molar-refractivity contribution in [3.8, 4) is 10.4 Å². The van der Waals surface area contributed by atoms with Gasteiger partial charge in [-0.1, -0.05) is 24.3 Å². The number of benzene rings is 1. The molecule has 0 radical (unpaired) electrons. The molecule has 1 saturated heterocycles. The van der Waals surface area contributed by atoms with Gasteiger partial charge in [-0.2, -0.15) is 0 Å². The molecule has 9 heteroatoms. The summed E-state index contributed by atoms with van der Waals surface area (Å²) < 4.78 is 16.1. The highest BCUT2D eigenvalue weighted by atomic mass is 32.1. The number of nitrogens with zero attached hydrogens (tertiary/aromatic N) is 2. The minimum atomic E-state index is -1.09. The topological polar surface area (TPSA) is 98.2 Å². The molecule has 2 aromatic rings. The Morgan fingerprint density at radius 3 is 2.27 bits per heavy atom. The Labute approximate surface area is 198 Å². The lowest BCUT2D eigenvalue weighted by atomic mass is 10.00. The average molecular weight is 477 g/mol. The molecule has 180 valence electrons. The van der Waals surface area contributed by atoms with Crippen molar-refractivity contribution in [2.45, 2.75) is 77.4 Å². The van der Waals surface area contributed by atoms with Crippen molar-refractivity contribution in [3.05, 3.63) is 41.5 Å². The first-order chi connectivity index (χ1) is 15.3. The van der Waals surface area contributed by atoms with Crippen LogP contribution in [-0.2, 0) is 20.6 Å². The summed E-state index contributed by atoms with van der Waals surface area (Å²) in [5.74, 6) is 0. The van der Waals surface area contributed by atoms with Gasteiger partial charge in [0.15, 0.2) is 6.10 Å². The third kappa shape index (κ3) is 6.91. The molecule has 0 saturated carbocycles. The largest absolute Gasteiger partial charge is 0.509 e. The number of carbonyl (C=O) groups excluding carboxylic acids is 2. The summed E-state index contributed by atoms with van der Waals surface area (Å²) in [5, 5.41) is 11.0. The lowest BCUT2D eigenvalue weighted by molar-refractivity contribution is -0.0486. The van der Waals surface area contributed by atoms with Crippen LogP contribution in [0.2, 0.25) is 0 Å². The molecule has 33 heavy (non-hydrogen) atoms. The number of aliphatic hydroxyl groups is 1. The van der Waals surface area contributed by atoms with E-state index >= 15 is 0 Å². The Morgan fingerprint density at radius 2 is 1.73 bits per heavy atom. The summed E-state index contributed by atoms with van der Waals surface area (Å²) >= 11 is 1.55. The third-order valence-corrected chi connectivity index (χ3v) is 5.76. The molecular formula is C24H32N2O6S. The fourth-order valence-corrected chi connectivity index (χ4v) is 4.17. The van der Waals surface area contributed by atoms with E-state index in [-0.39, 0.29) is 6.54 Å². The van der Waals surface area contributed by atoms with E-state index in [4.69, 9.17) is 14.2 Å². The Kier molecular flexibility index (Phi) is 7.33. The molecule has 1 aliphatic rings. The maximum Gasteiger partial charge on any atom is 0.509 e. The van der Waals surface area contributed by atoms with Crippen LogP contribution in [0.3, 0.4) is 0 Å². The van der Waals surface area contributed by atoms with Crippen LogP contribution in [0, 0.1) is 0 Å². The fourth-order valence-electron chi connectivity index (χ4n) is 3.54. The number of amides is 1. The van der Waals surface area contributed by atoms with E-state index in [1.165, 1.54) is 4.90 Å². The van der Waals surface area contributed by atoms with Gasteiger partial charge >= 0.3 is 12.2 Å². The molecule has 3 rings (SSSR count). The average Bonchev–Trinajstić information content (AvgIpc) is 3.30. The highest BCUT2D eigenvalue weighted by molar-refractivity contribution is 7.13. The van der Waals surface area contributed by atoms with Gasteiger partial charge in [0.2, 0.25) is 0 Å². The Bertz CT molecular complexity index is 947. The molecule has 1 amide bonds. The number of aliphatic hydroxyl groups excluding tert-OH is 1. The van der Waals surface area contributed by atoms with Crippen LogP contribution in [0.4, 0.5) is 9.59 Å². The maximum atomic E-state index is 12.9. The first kappa shape index (κ1) is 25.0. The van der Waals surface area contributed by atoms with Crippen molar-refractivity contribution >= 4 is 23.6 Å². The maximum absolute atomic E-state index is 12.9. The van der Waals surface area contributed by atoms with E-state index in [1.54, 1.807) is 58.4 Å². The Hall–Kier alpha value is -2.65. The van der Waals surface area contributed by atoms with Crippen LogP contribution in [0.25, 0.3) is 10.4 Å². The van der Waals surface area contributed by atoms with Gasteiger partial charge in [0.1, 0.15) is 17.3 Å². The number of ether oxygens (including phenoxy) is 3. The Morgan fingerprint density at radius 1 is 1.09 bits per heavy atom. The van der Waals surface area contributed by atoms with Crippen LogP contribution >= 0.6 is 11.3 Å². The quantitative estimate of drug-likeness (QED) is 0.641. The SMILES string of the molecule is CC(C)(C)OC(=O)O[C@H]1CN(C(=O)OC(C)(C)C)[C@H](Cc2ccc(-c3cncs3)cc2)[C@@H]1O. The Balaban J connectivity index is 1.77. The van der Waals surface area contributed by atoms with Crippen molar-refractivity contribution in [1.29, 1.82) is 0 Å². The van der Waals surface area contributed by atoms with Crippen LogP contribution in [0.1, 0.15) is 47.1 Å². The third-order valence-electron chi connectivity index (χ3n) is 4.93. The summed E-state index contributed by atoms with van der Waals surface area (Å²) in [7, 11) is 0. The molecule has 1 aromatic heterocycles. The van der Waals surface area contributed by atoms with E-state index < -0.39 is 41.7 Å². The van der Waals surface area contributed by atoms with Crippen molar-refractivity contribution < 1.29 is 28.9 Å². The smallest absolute Gasteiger partial charge is 0.444 e. The summed E-state index contributed by atoms with van der Waals surface area (Å²) in [6.45, 7) is 10.5. The number of aromatic nitrogens is 1. The van der Waals surface area contributed by atoms with Crippen LogP contribution in [0.15, 0.2) is 36.0 Å². The minimum absolute atomic E-state index is 0.0128. The van der Waals surface area contributed by atoms with Crippen molar-refractivity contribution in [3.63, 3.8) is 0 Å². The van der Waals surface area contributed by atoms with Crippen molar-refractivity contribution in [2.75, 3.05) is 6.54 Å². The summed E-state index contributed by atoms with van der Waals surface area (Å²) in [6, 6.07) is 7.25. The molecule has 1 aliphatic heterocycles. The molecule has 2 heterocycles. The first-order valence-corrected chi connectivity index (χ1v) is 11.8. The number of hydrogen-bond donors (Lipinski definition) is 1. The normalized spacial score (nSPS) is 21.1. The van der Waals surface area contributed by atoms with Gasteiger partial charge in [-0.3, -0.25) is 9.88 Å². The van der Waals surface area contributed by atoms with Gasteiger partial charge in [0.25, 0.3) is 0 Å². The van der Waals surface area contributed by atoms with Crippen LogP contribution in [-0.4, -0.2) is 63.2 Å². The summed E-state index contributed by atoms with van der Waals surface area (Å²) in [4.78, 5) is 31.7. The lowest BCUT2D eigenvalue weighted by Gasteiger charge is -2.29. The van der Waals surface area contributed by atoms with E-state index in [0.717, 1.165) is 16.0 Å². The molecule has 3 atom stereocenters. The molecule has 1 fully saturated rings. The number of rotatable bonds is 4. The predicted octanol–water partition coefficient (Wildman–Crippen LogP) is 4.65. The monoisotopic (exact) mass is 476 g/mol. The first-order valence-electron chi connectivity index (χ1n) is 10.9. The molecule has 1 aromatic carbocycles. The molecule has 1 N–H and O–H groups in total. The van der Waals surface area contributed by atoms with Gasteiger partial charge in [-0.05, 0) is 59.1 Å². The zero-order chi connectivity index (χ0) is 24.4. The minimum Gasteiger partial charge on any atom is -0.444 e. The second kappa shape index (κ2) is 9.69. The number of thiazole rings is 1. The van der Waals surface area contributed by atoms with Crippen LogP contribution < -0.4 is 0 Å². The summed E-state index contributed by atoms with van der Waals surface area (Å²) in [6.07, 6.45) is -1.28. The van der Waals surface area contributed by atoms with Crippen molar-refractivity contribution in [1.82, 2.24) is 9.88 Å². The van der Waals surface area contributed by atoms with Crippen molar-refractivity contribution in [2.24, 2.45) is 0 Å². The van der Waals surface area contributed by atoms with Crippen LogP contribution in [0.5, 0.6) is 0 Å². The molecule has 0 spiro atoms. The van der Waals surface area contributed by atoms with Gasteiger partial charge in [0.05, 0.1) is 23.0 Å². The predicted molar refractivity (Wildman–Crippen MR) is 125 cm³/mol. The van der Waals surface area contributed by atoms with E-state index in [2.05, 4.69) is 4.98 Å². The van der Waals surface area contributed by atoms with Gasteiger partial charge < -0.3 is 19.3 Å². The molecule has 8 nitrogen and oxygen atoms in total. The zero-order valence-electron chi connectivity index (χ0n) is 19.9. The standard InChI is InChI=1S/C24H32N2O6S/c1-23(2,3)31-21(28)26-13-18(30-22(29)32-24(4,5)6)20(27)17(26)11-15-7-9-16(10-8-15)19-12-25-14-33-19/h7-10,12,14,17-18,20,27H,11,13H2,1-6H3/t17-,18+,20+/m1/s1. The number of carbonyl (C=O) groups is 2. The second-order valence-electron chi connectivity index (χ2n) is 10.1. The lowest BCUT2D eigenvalue weighted by Crippen LogP contribution is -2.43. The van der Waals surface area contributed by atoms with Gasteiger partial charge in [0, 0.05) is 6.20 Å². The molecular weight excluding hydrogens is 444 g/mol. The van der Waals surface area contributed by atoms with E-state index in [9.17, 15) is 14.7 Å². The zero-order valence-corrected chi connectivity index (χ0v) is 20.7. The number of likely N-dealkylation sites (tertiary alicyclic amines) is 1.